The third-order valence-electron chi connectivity index (χ3n) is 2.82. The van der Waals surface area contributed by atoms with Crippen molar-refractivity contribution in [3.8, 4) is 0 Å². The molecule has 1 aliphatic heterocycles. The van der Waals surface area contributed by atoms with E-state index >= 15 is 0 Å². The Labute approximate surface area is 99.1 Å². The van der Waals surface area contributed by atoms with Crippen LogP contribution in [0.3, 0.4) is 0 Å². The Bertz CT molecular complexity index is 445. The Morgan fingerprint density at radius 2 is 2.18 bits per heavy atom. The minimum Gasteiger partial charge on any atom is -0.370 e. The lowest BCUT2D eigenvalue weighted by molar-refractivity contribution is -0.119. The third kappa shape index (κ3) is 2.45. The van der Waals surface area contributed by atoms with Crippen LogP contribution in [-0.4, -0.2) is 18.4 Å². The summed E-state index contributed by atoms with van der Waals surface area (Å²) in [6.07, 6.45) is 2.47. The van der Waals surface area contributed by atoms with Gasteiger partial charge in [0.2, 0.25) is 5.91 Å². The number of benzene rings is 1. The fourth-order valence-corrected chi connectivity index (χ4v) is 1.95. The molecule has 1 fully saturated rings. The van der Waals surface area contributed by atoms with Crippen molar-refractivity contribution >= 4 is 17.6 Å². The number of rotatable bonds is 2. The molecule has 1 aromatic carbocycles. The van der Waals surface area contributed by atoms with Gasteiger partial charge in [0.1, 0.15) is 0 Å². The normalized spacial score (nSPS) is 15.8. The summed E-state index contributed by atoms with van der Waals surface area (Å²) < 4.78 is 0. The lowest BCUT2D eigenvalue weighted by Gasteiger charge is -2.26. The average Bonchev–Trinajstić information content (AvgIpc) is 2.38. The topological polar surface area (TPSA) is 72.6 Å². The van der Waals surface area contributed by atoms with Crippen LogP contribution in [0.5, 0.6) is 0 Å². The maximum absolute atomic E-state index is 11.7. The Morgan fingerprint density at radius 1 is 1.35 bits per heavy atom. The highest BCUT2D eigenvalue weighted by atomic mass is 16.7. The van der Waals surface area contributed by atoms with Gasteiger partial charge in [-0.25, -0.2) is 4.79 Å². The molecule has 17 heavy (non-hydrogen) atoms. The monoisotopic (exact) mass is 234 g/mol. The summed E-state index contributed by atoms with van der Waals surface area (Å²) in [6, 6.07) is 6.74. The molecule has 90 valence electrons. The maximum Gasteiger partial charge on any atom is 0.356 e. The van der Waals surface area contributed by atoms with Gasteiger partial charge in [0.05, 0.1) is 5.56 Å². The highest BCUT2D eigenvalue weighted by Gasteiger charge is 2.20. The van der Waals surface area contributed by atoms with Crippen LogP contribution >= 0.6 is 0 Å². The lowest BCUT2D eigenvalue weighted by Crippen LogP contribution is -2.35. The van der Waals surface area contributed by atoms with Crippen LogP contribution in [0.25, 0.3) is 0 Å². The van der Waals surface area contributed by atoms with Gasteiger partial charge >= 0.3 is 5.97 Å². The van der Waals surface area contributed by atoms with Crippen molar-refractivity contribution in [2.45, 2.75) is 19.3 Å². The molecule has 0 aliphatic carbocycles. The van der Waals surface area contributed by atoms with Crippen LogP contribution < -0.4 is 10.8 Å². The zero-order valence-electron chi connectivity index (χ0n) is 9.39. The SMILES string of the molecule is NOC(=O)c1cccc(N2CCCCC2=O)c1. The molecule has 1 heterocycles. The third-order valence-corrected chi connectivity index (χ3v) is 2.82. The van der Waals surface area contributed by atoms with E-state index in [1.807, 2.05) is 0 Å². The average molecular weight is 234 g/mol. The van der Waals surface area contributed by atoms with Gasteiger partial charge in [-0.2, -0.15) is 5.90 Å². The highest BCUT2D eigenvalue weighted by Crippen LogP contribution is 2.21. The Balaban J connectivity index is 2.26. The van der Waals surface area contributed by atoms with E-state index in [0.717, 1.165) is 18.5 Å². The van der Waals surface area contributed by atoms with E-state index in [9.17, 15) is 9.59 Å². The first-order chi connectivity index (χ1) is 8.22. The number of hydrogen-bond donors (Lipinski definition) is 1. The molecule has 0 aromatic heterocycles. The Hall–Kier alpha value is -1.88. The summed E-state index contributed by atoms with van der Waals surface area (Å²) in [5.74, 6) is 4.32. The maximum atomic E-state index is 11.7. The molecule has 2 rings (SSSR count). The van der Waals surface area contributed by atoms with E-state index in [-0.39, 0.29) is 5.91 Å². The van der Waals surface area contributed by atoms with Crippen molar-refractivity contribution in [1.82, 2.24) is 0 Å². The number of carbonyl (C=O) groups is 2. The molecule has 0 radical (unpaired) electrons. The van der Waals surface area contributed by atoms with Gasteiger partial charge in [-0.15, -0.1) is 0 Å². The van der Waals surface area contributed by atoms with Gasteiger partial charge < -0.3 is 9.74 Å². The summed E-state index contributed by atoms with van der Waals surface area (Å²) in [4.78, 5) is 28.9. The molecule has 0 spiro atoms. The molecule has 1 saturated heterocycles. The first kappa shape index (κ1) is 11.6. The van der Waals surface area contributed by atoms with E-state index in [1.54, 1.807) is 29.2 Å². The summed E-state index contributed by atoms with van der Waals surface area (Å²) >= 11 is 0. The minimum atomic E-state index is -0.601. The Morgan fingerprint density at radius 3 is 2.88 bits per heavy atom. The second kappa shape index (κ2) is 4.97. The largest absolute Gasteiger partial charge is 0.370 e. The summed E-state index contributed by atoms with van der Waals surface area (Å²) in [5.41, 5.74) is 1.07. The number of anilines is 1. The van der Waals surface area contributed by atoms with Crippen molar-refractivity contribution < 1.29 is 14.4 Å². The van der Waals surface area contributed by atoms with Gasteiger partial charge in [0.25, 0.3) is 0 Å². The van der Waals surface area contributed by atoms with E-state index in [4.69, 9.17) is 5.90 Å². The van der Waals surface area contributed by atoms with Crippen molar-refractivity contribution in [2.75, 3.05) is 11.4 Å². The van der Waals surface area contributed by atoms with Crippen molar-refractivity contribution in [1.29, 1.82) is 0 Å². The van der Waals surface area contributed by atoms with Crippen LogP contribution in [0.1, 0.15) is 29.6 Å². The predicted octanol–water partition coefficient (Wildman–Crippen LogP) is 1.23. The fraction of sp³-hybridized carbons (Fsp3) is 0.333. The van der Waals surface area contributed by atoms with Gasteiger partial charge in [0, 0.05) is 18.7 Å². The van der Waals surface area contributed by atoms with Crippen LogP contribution in [0.15, 0.2) is 24.3 Å². The summed E-state index contributed by atoms with van der Waals surface area (Å²) in [5, 5.41) is 0. The van der Waals surface area contributed by atoms with E-state index in [1.165, 1.54) is 0 Å². The van der Waals surface area contributed by atoms with Gasteiger partial charge in [-0.1, -0.05) is 6.07 Å². The van der Waals surface area contributed by atoms with Crippen LogP contribution in [-0.2, 0) is 9.63 Å². The number of piperidine rings is 1. The molecule has 5 heteroatoms. The first-order valence-corrected chi connectivity index (χ1v) is 5.54. The zero-order chi connectivity index (χ0) is 12.3. The molecule has 2 N–H and O–H groups in total. The molecule has 0 bridgehead atoms. The zero-order valence-corrected chi connectivity index (χ0v) is 9.39. The second-order valence-electron chi connectivity index (χ2n) is 3.96. The smallest absolute Gasteiger partial charge is 0.356 e. The van der Waals surface area contributed by atoms with Crippen LogP contribution in [0.2, 0.25) is 0 Å². The van der Waals surface area contributed by atoms with Gasteiger partial charge in [-0.05, 0) is 31.0 Å². The molecule has 1 aromatic rings. The second-order valence-corrected chi connectivity index (χ2v) is 3.96. The molecular formula is C12H14N2O3. The van der Waals surface area contributed by atoms with E-state index < -0.39 is 5.97 Å². The van der Waals surface area contributed by atoms with Crippen molar-refractivity contribution in [2.24, 2.45) is 5.90 Å². The first-order valence-electron chi connectivity index (χ1n) is 5.54. The number of amides is 1. The standard InChI is InChI=1S/C12H14N2O3/c13-17-12(16)9-4-3-5-10(8-9)14-7-2-1-6-11(14)15/h3-5,8H,1-2,6-7,13H2. The minimum absolute atomic E-state index is 0.0921. The molecule has 1 aliphatic rings. The number of carbonyl (C=O) groups excluding carboxylic acids is 2. The molecule has 0 unspecified atom stereocenters. The summed E-state index contributed by atoms with van der Waals surface area (Å²) in [6.45, 7) is 0.694. The molecule has 5 nitrogen and oxygen atoms in total. The lowest BCUT2D eigenvalue weighted by atomic mass is 10.1. The van der Waals surface area contributed by atoms with Gasteiger partial charge in [0.15, 0.2) is 0 Å². The highest BCUT2D eigenvalue weighted by molar-refractivity contribution is 5.96. The molecule has 1 amide bonds. The van der Waals surface area contributed by atoms with Crippen LogP contribution in [0, 0.1) is 0 Å². The van der Waals surface area contributed by atoms with E-state index in [0.29, 0.717) is 18.5 Å². The molecule has 0 saturated carbocycles. The molecule has 0 atom stereocenters. The Kier molecular flexibility index (Phi) is 3.39. The number of hydrogen-bond acceptors (Lipinski definition) is 4. The van der Waals surface area contributed by atoms with Crippen molar-refractivity contribution in [3.63, 3.8) is 0 Å². The fourth-order valence-electron chi connectivity index (χ4n) is 1.95. The number of nitrogens with two attached hydrogens (primary N) is 1. The van der Waals surface area contributed by atoms with E-state index in [2.05, 4.69) is 4.84 Å². The summed E-state index contributed by atoms with van der Waals surface area (Å²) in [7, 11) is 0. The molecular weight excluding hydrogens is 220 g/mol. The van der Waals surface area contributed by atoms with Crippen molar-refractivity contribution in [3.05, 3.63) is 29.8 Å². The quantitative estimate of drug-likeness (QED) is 0.781. The van der Waals surface area contributed by atoms with Crippen LogP contribution in [0.4, 0.5) is 5.69 Å². The predicted molar refractivity (Wildman–Crippen MR) is 62.2 cm³/mol. The number of nitrogens with zero attached hydrogens (tertiary/aromatic N) is 1. The van der Waals surface area contributed by atoms with Gasteiger partial charge in [-0.3, -0.25) is 4.79 Å².